The van der Waals surface area contributed by atoms with Crippen molar-refractivity contribution in [2.45, 2.75) is 6.92 Å². The molecule has 2 nitrogen and oxygen atoms in total. The Kier molecular flexibility index (Phi) is 2.77. The van der Waals surface area contributed by atoms with Gasteiger partial charge in [-0.2, -0.15) is 4.39 Å². The summed E-state index contributed by atoms with van der Waals surface area (Å²) in [6, 6.07) is 11.6. The van der Waals surface area contributed by atoms with E-state index in [9.17, 15) is 9.18 Å². The fourth-order valence-electron chi connectivity index (χ4n) is 1.44. The zero-order valence-electron chi connectivity index (χ0n) is 8.77. The predicted molar refractivity (Wildman–Crippen MR) is 59.6 cm³/mol. The highest BCUT2D eigenvalue weighted by atomic mass is 19.1. The number of carbonyl (C=O) groups is 1. The third-order valence-corrected chi connectivity index (χ3v) is 2.30. The van der Waals surface area contributed by atoms with Gasteiger partial charge in [0.05, 0.1) is 5.69 Å². The number of halogens is 1. The highest BCUT2D eigenvalue weighted by Crippen LogP contribution is 2.17. The van der Waals surface area contributed by atoms with Gasteiger partial charge in [0.15, 0.2) is 5.78 Å². The minimum absolute atomic E-state index is 0.0127. The number of rotatable bonds is 2. The van der Waals surface area contributed by atoms with Crippen LogP contribution in [0.3, 0.4) is 0 Å². The molecule has 0 saturated heterocycles. The molecule has 80 valence electrons. The summed E-state index contributed by atoms with van der Waals surface area (Å²) < 4.78 is 12.9. The lowest BCUT2D eigenvalue weighted by atomic mass is 10.1. The van der Waals surface area contributed by atoms with Crippen LogP contribution in [-0.2, 0) is 0 Å². The topological polar surface area (TPSA) is 30.0 Å². The number of benzene rings is 1. The van der Waals surface area contributed by atoms with Crippen LogP contribution in [0.15, 0.2) is 42.5 Å². The molecule has 0 bridgehead atoms. The van der Waals surface area contributed by atoms with Gasteiger partial charge in [-0.15, -0.1) is 0 Å². The quantitative estimate of drug-likeness (QED) is 0.569. The molecule has 1 heterocycles. The molecule has 0 saturated carbocycles. The number of nitrogens with zero attached hydrogens (tertiary/aromatic N) is 1. The Morgan fingerprint density at radius 2 is 1.81 bits per heavy atom. The van der Waals surface area contributed by atoms with Crippen LogP contribution in [0, 0.1) is 5.95 Å². The van der Waals surface area contributed by atoms with E-state index < -0.39 is 5.95 Å². The Morgan fingerprint density at radius 1 is 1.12 bits per heavy atom. The van der Waals surface area contributed by atoms with Crippen LogP contribution in [0.1, 0.15) is 17.3 Å². The molecule has 0 radical (unpaired) electrons. The third kappa shape index (κ3) is 2.14. The fourth-order valence-corrected chi connectivity index (χ4v) is 1.44. The maximum absolute atomic E-state index is 12.9. The molecule has 1 aromatic carbocycles. The zero-order chi connectivity index (χ0) is 11.5. The summed E-state index contributed by atoms with van der Waals surface area (Å²) in [5, 5.41) is 0. The van der Waals surface area contributed by atoms with Crippen molar-refractivity contribution in [3.8, 4) is 11.3 Å². The molecule has 0 amide bonds. The average Bonchev–Trinajstić information content (AvgIpc) is 2.29. The first-order valence-corrected chi connectivity index (χ1v) is 4.91. The van der Waals surface area contributed by atoms with Crippen LogP contribution in [0.4, 0.5) is 4.39 Å². The second kappa shape index (κ2) is 4.23. The van der Waals surface area contributed by atoms with Crippen molar-refractivity contribution >= 4 is 5.78 Å². The Labute approximate surface area is 92.8 Å². The van der Waals surface area contributed by atoms with E-state index in [1.165, 1.54) is 13.0 Å². The molecule has 0 N–H and O–H groups in total. The van der Waals surface area contributed by atoms with Crippen LogP contribution >= 0.6 is 0 Å². The third-order valence-electron chi connectivity index (χ3n) is 2.30. The number of ketones is 1. The van der Waals surface area contributed by atoms with Crippen molar-refractivity contribution < 1.29 is 9.18 Å². The first-order valence-electron chi connectivity index (χ1n) is 4.91. The van der Waals surface area contributed by atoms with Gasteiger partial charge in [0, 0.05) is 11.1 Å². The summed E-state index contributed by atoms with van der Waals surface area (Å²) in [6.45, 7) is 1.51. The number of carbonyl (C=O) groups excluding carboxylic acids is 1. The van der Waals surface area contributed by atoms with Crippen LogP contribution in [0.2, 0.25) is 0 Å². The molecule has 0 unspecified atom stereocenters. The lowest BCUT2D eigenvalue weighted by molar-refractivity contribution is 0.101. The van der Waals surface area contributed by atoms with Crippen molar-refractivity contribution in [3.63, 3.8) is 0 Å². The molecule has 3 heteroatoms. The Balaban J connectivity index is 2.38. The van der Waals surface area contributed by atoms with E-state index in [-0.39, 0.29) is 5.78 Å². The van der Waals surface area contributed by atoms with Crippen LogP contribution in [0.5, 0.6) is 0 Å². The molecule has 0 aliphatic rings. The summed E-state index contributed by atoms with van der Waals surface area (Å²) in [6.07, 6.45) is 0. The van der Waals surface area contributed by atoms with Crippen LogP contribution < -0.4 is 0 Å². The molecule has 16 heavy (non-hydrogen) atoms. The fraction of sp³-hybridized carbons (Fsp3) is 0.0769. The van der Waals surface area contributed by atoms with Gasteiger partial charge < -0.3 is 0 Å². The molecule has 2 aromatic rings. The lowest BCUT2D eigenvalue weighted by Crippen LogP contribution is -1.92. The number of aromatic nitrogens is 1. The molecule has 1 aromatic heterocycles. The standard InChI is InChI=1S/C13H10FNO/c1-9(16)10-5-7-11(8-6-10)12-3-2-4-13(14)15-12/h2-8H,1H3. The van der Waals surface area contributed by atoms with E-state index in [1.54, 1.807) is 36.4 Å². The van der Waals surface area contributed by atoms with Gasteiger partial charge >= 0.3 is 0 Å². The van der Waals surface area contributed by atoms with E-state index in [4.69, 9.17) is 0 Å². The molecule has 2 rings (SSSR count). The number of hydrogen-bond donors (Lipinski definition) is 0. The van der Waals surface area contributed by atoms with Gasteiger partial charge in [-0.25, -0.2) is 4.98 Å². The summed E-state index contributed by atoms with van der Waals surface area (Å²) in [5.74, 6) is -0.494. The van der Waals surface area contributed by atoms with Gasteiger partial charge in [0.25, 0.3) is 0 Å². The Bertz CT molecular complexity index is 520. The molecular weight excluding hydrogens is 205 g/mol. The maximum atomic E-state index is 12.9. The number of pyridine rings is 1. The minimum atomic E-state index is -0.506. The Hall–Kier alpha value is -2.03. The first kappa shape index (κ1) is 10.5. The highest BCUT2D eigenvalue weighted by molar-refractivity contribution is 5.94. The predicted octanol–water partition coefficient (Wildman–Crippen LogP) is 3.09. The molecule has 0 fully saturated rings. The molecule has 0 atom stereocenters. The molecular formula is C13H10FNO. The second-order valence-electron chi connectivity index (χ2n) is 3.48. The van der Waals surface area contributed by atoms with Crippen LogP contribution in [-0.4, -0.2) is 10.8 Å². The minimum Gasteiger partial charge on any atom is -0.295 e. The van der Waals surface area contributed by atoms with Crippen molar-refractivity contribution in [2.24, 2.45) is 0 Å². The van der Waals surface area contributed by atoms with Gasteiger partial charge in [-0.05, 0) is 19.1 Å². The van der Waals surface area contributed by atoms with E-state index in [1.807, 2.05) is 0 Å². The van der Waals surface area contributed by atoms with E-state index in [0.29, 0.717) is 11.3 Å². The van der Waals surface area contributed by atoms with Crippen molar-refractivity contribution in [2.75, 3.05) is 0 Å². The monoisotopic (exact) mass is 215 g/mol. The largest absolute Gasteiger partial charge is 0.295 e. The van der Waals surface area contributed by atoms with Crippen molar-refractivity contribution in [1.29, 1.82) is 0 Å². The normalized spacial score (nSPS) is 10.1. The highest BCUT2D eigenvalue weighted by Gasteiger charge is 2.02. The van der Waals surface area contributed by atoms with E-state index in [2.05, 4.69) is 4.98 Å². The molecule has 0 spiro atoms. The SMILES string of the molecule is CC(=O)c1ccc(-c2cccc(F)n2)cc1. The summed E-state index contributed by atoms with van der Waals surface area (Å²) in [7, 11) is 0. The Morgan fingerprint density at radius 3 is 2.38 bits per heavy atom. The van der Waals surface area contributed by atoms with Crippen molar-refractivity contribution in [1.82, 2.24) is 4.98 Å². The van der Waals surface area contributed by atoms with Gasteiger partial charge in [0.1, 0.15) is 0 Å². The van der Waals surface area contributed by atoms with Crippen LogP contribution in [0.25, 0.3) is 11.3 Å². The lowest BCUT2D eigenvalue weighted by Gasteiger charge is -2.01. The first-order chi connectivity index (χ1) is 7.66. The number of hydrogen-bond acceptors (Lipinski definition) is 2. The molecule has 0 aliphatic heterocycles. The zero-order valence-corrected chi connectivity index (χ0v) is 8.77. The van der Waals surface area contributed by atoms with Gasteiger partial charge in [0.2, 0.25) is 5.95 Å². The van der Waals surface area contributed by atoms with Gasteiger partial charge in [-0.1, -0.05) is 30.3 Å². The average molecular weight is 215 g/mol. The van der Waals surface area contributed by atoms with Gasteiger partial charge in [-0.3, -0.25) is 4.79 Å². The van der Waals surface area contributed by atoms with E-state index >= 15 is 0 Å². The van der Waals surface area contributed by atoms with E-state index in [0.717, 1.165) is 5.56 Å². The number of Topliss-reactive ketones (excluding diaryl/α,β-unsaturated/α-hetero) is 1. The second-order valence-corrected chi connectivity index (χ2v) is 3.48. The summed E-state index contributed by atoms with van der Waals surface area (Å²) in [5.41, 5.74) is 2.00. The van der Waals surface area contributed by atoms with Crippen molar-refractivity contribution in [3.05, 3.63) is 54.0 Å². The summed E-state index contributed by atoms with van der Waals surface area (Å²) >= 11 is 0. The maximum Gasteiger partial charge on any atom is 0.213 e. The smallest absolute Gasteiger partial charge is 0.213 e. The summed E-state index contributed by atoms with van der Waals surface area (Å²) in [4.78, 5) is 14.8. The molecule has 0 aliphatic carbocycles.